The molecule has 2 aromatic carbocycles. The molecule has 9 nitrogen and oxygen atoms in total. The van der Waals surface area contributed by atoms with E-state index in [9.17, 15) is 9.90 Å². The highest BCUT2D eigenvalue weighted by Gasteiger charge is 2.52. The second-order valence-electron chi connectivity index (χ2n) is 8.57. The van der Waals surface area contributed by atoms with Gasteiger partial charge in [-0.2, -0.15) is 0 Å². The number of hydrogen-bond acceptors (Lipinski definition) is 7. The third-order valence-corrected chi connectivity index (χ3v) is 6.63. The summed E-state index contributed by atoms with van der Waals surface area (Å²) in [5, 5.41) is 17.0. The lowest BCUT2D eigenvalue weighted by Gasteiger charge is -2.47. The third kappa shape index (κ3) is 4.63. The van der Waals surface area contributed by atoms with Gasteiger partial charge >= 0.3 is 6.03 Å². The summed E-state index contributed by atoms with van der Waals surface area (Å²) in [6, 6.07) is 16.1. The molecule has 3 heterocycles. The fraction of sp³-hybridized carbons (Fsp3) is 0.458. The molecule has 0 aliphatic carbocycles. The van der Waals surface area contributed by atoms with Crippen molar-refractivity contribution in [1.82, 2.24) is 10.2 Å². The number of nitrogens with zero attached hydrogens (tertiary/aromatic N) is 2. The summed E-state index contributed by atoms with van der Waals surface area (Å²) in [6.07, 6.45) is -1.68. The molecule has 33 heavy (non-hydrogen) atoms. The molecule has 0 spiro atoms. The van der Waals surface area contributed by atoms with Gasteiger partial charge in [-0.25, -0.2) is 4.79 Å². The van der Waals surface area contributed by atoms with Crippen LogP contribution >= 0.6 is 0 Å². The van der Waals surface area contributed by atoms with Crippen LogP contribution in [0.3, 0.4) is 0 Å². The van der Waals surface area contributed by atoms with E-state index in [0.717, 1.165) is 26.2 Å². The highest BCUT2D eigenvalue weighted by molar-refractivity contribution is 5.89. The van der Waals surface area contributed by atoms with Crippen LogP contribution in [0.25, 0.3) is 0 Å². The van der Waals surface area contributed by atoms with Gasteiger partial charge in [-0.3, -0.25) is 4.90 Å². The van der Waals surface area contributed by atoms with E-state index in [1.807, 2.05) is 18.2 Å². The van der Waals surface area contributed by atoms with Crippen molar-refractivity contribution in [3.63, 3.8) is 0 Å². The molecule has 9 heteroatoms. The lowest BCUT2D eigenvalue weighted by Crippen LogP contribution is -2.67. The zero-order valence-corrected chi connectivity index (χ0v) is 18.6. The quantitative estimate of drug-likeness (QED) is 0.630. The van der Waals surface area contributed by atoms with Crippen LogP contribution in [-0.4, -0.2) is 86.5 Å². The number of aliphatic hydroxyl groups excluding tert-OH is 1. The Morgan fingerprint density at radius 3 is 2.48 bits per heavy atom. The number of carbonyl (C=O) groups excluding carboxylic acids is 1. The van der Waals surface area contributed by atoms with Crippen LogP contribution in [0.2, 0.25) is 0 Å². The first-order valence-electron chi connectivity index (χ1n) is 11.3. The van der Waals surface area contributed by atoms with Crippen molar-refractivity contribution in [2.45, 2.75) is 30.6 Å². The Hall–Kier alpha value is -2.85. The number of anilines is 2. The highest BCUT2D eigenvalue weighted by Crippen LogP contribution is 2.32. The van der Waals surface area contributed by atoms with E-state index in [2.05, 4.69) is 32.6 Å². The molecule has 2 aromatic rings. The number of urea groups is 1. The molecule has 0 aromatic heterocycles. The number of fused-ring (bicyclic) bond motifs is 2. The van der Waals surface area contributed by atoms with Gasteiger partial charge in [0.05, 0.1) is 31.9 Å². The SMILES string of the molecule is COc1ccc(NC(=O)N[C@H]2[C@H](O)[C@@H](N3CCN(c4ccccc4)CC3)[C@@H]3OC[C@H]2O3)cc1. The molecule has 0 radical (unpaired) electrons. The minimum Gasteiger partial charge on any atom is -0.497 e. The molecule has 3 aliphatic heterocycles. The van der Waals surface area contributed by atoms with Crippen LogP contribution in [0, 0.1) is 0 Å². The maximum absolute atomic E-state index is 12.7. The maximum Gasteiger partial charge on any atom is 0.319 e. The molecule has 2 bridgehead atoms. The second kappa shape index (κ2) is 9.56. The first-order valence-corrected chi connectivity index (χ1v) is 11.3. The normalized spacial score (nSPS) is 29.5. The molecule has 2 amide bonds. The van der Waals surface area contributed by atoms with Crippen molar-refractivity contribution in [3.05, 3.63) is 54.6 Å². The van der Waals surface area contributed by atoms with Gasteiger partial charge in [-0.05, 0) is 36.4 Å². The Bertz CT molecular complexity index is 936. The number of carbonyl (C=O) groups is 1. The van der Waals surface area contributed by atoms with Crippen molar-refractivity contribution in [2.75, 3.05) is 50.1 Å². The Morgan fingerprint density at radius 2 is 1.79 bits per heavy atom. The van der Waals surface area contributed by atoms with E-state index >= 15 is 0 Å². The molecule has 3 fully saturated rings. The fourth-order valence-electron chi connectivity index (χ4n) is 4.88. The monoisotopic (exact) mass is 454 g/mol. The highest BCUT2D eigenvalue weighted by atomic mass is 16.7. The summed E-state index contributed by atoms with van der Waals surface area (Å²) in [4.78, 5) is 17.2. The Morgan fingerprint density at radius 1 is 1.06 bits per heavy atom. The zero-order chi connectivity index (χ0) is 22.8. The summed E-state index contributed by atoms with van der Waals surface area (Å²) in [7, 11) is 1.59. The molecule has 3 saturated heterocycles. The number of aliphatic hydroxyl groups is 1. The maximum atomic E-state index is 12.7. The number of ether oxygens (including phenoxy) is 3. The van der Waals surface area contributed by atoms with E-state index < -0.39 is 24.5 Å². The van der Waals surface area contributed by atoms with Crippen LogP contribution in [0.15, 0.2) is 54.6 Å². The molecule has 176 valence electrons. The minimum atomic E-state index is -0.804. The van der Waals surface area contributed by atoms with E-state index in [-0.39, 0.29) is 12.1 Å². The lowest BCUT2D eigenvalue weighted by atomic mass is 9.94. The molecule has 0 unspecified atom stereocenters. The zero-order valence-electron chi connectivity index (χ0n) is 18.6. The third-order valence-electron chi connectivity index (χ3n) is 6.63. The van der Waals surface area contributed by atoms with Crippen LogP contribution in [0.1, 0.15) is 0 Å². The largest absolute Gasteiger partial charge is 0.497 e. The molecule has 3 aliphatic rings. The summed E-state index contributed by atoms with van der Waals surface area (Å²) in [5.41, 5.74) is 1.83. The predicted octanol–water partition coefficient (Wildman–Crippen LogP) is 1.49. The molecule has 5 rings (SSSR count). The van der Waals surface area contributed by atoms with Gasteiger partial charge in [-0.1, -0.05) is 18.2 Å². The van der Waals surface area contributed by atoms with Gasteiger partial charge in [-0.15, -0.1) is 0 Å². The standard InChI is InChI=1S/C24H30N4O5/c1-31-18-9-7-16(8-10-18)25-24(30)26-20-19-15-32-23(33-19)21(22(20)29)28-13-11-27(12-14-28)17-5-3-2-4-6-17/h2-10,19-23,29H,11-15H2,1H3,(H2,25,26,30)/t19-,20-,21-,22+,23-/m1/s1. The number of hydrogen-bond donors (Lipinski definition) is 3. The topological polar surface area (TPSA) is 95.5 Å². The Labute approximate surface area is 193 Å². The average Bonchev–Trinajstić information content (AvgIpc) is 3.28. The molecule has 5 atom stereocenters. The Kier molecular flexibility index (Phi) is 6.37. The summed E-state index contributed by atoms with van der Waals surface area (Å²) < 4.78 is 17.0. The predicted molar refractivity (Wildman–Crippen MR) is 124 cm³/mol. The Balaban J connectivity index is 1.21. The van der Waals surface area contributed by atoms with Crippen LogP contribution in [-0.2, 0) is 9.47 Å². The van der Waals surface area contributed by atoms with Gasteiger partial charge in [0.15, 0.2) is 6.29 Å². The number of benzene rings is 2. The van der Waals surface area contributed by atoms with Gasteiger partial charge < -0.3 is 34.9 Å². The fourth-order valence-corrected chi connectivity index (χ4v) is 4.88. The van der Waals surface area contributed by atoms with Gasteiger partial charge in [0.1, 0.15) is 11.9 Å². The average molecular weight is 455 g/mol. The first kappa shape index (κ1) is 22.0. The molecular formula is C24H30N4O5. The van der Waals surface area contributed by atoms with Crippen LogP contribution < -0.4 is 20.3 Å². The van der Waals surface area contributed by atoms with Crippen molar-refractivity contribution in [1.29, 1.82) is 0 Å². The van der Waals surface area contributed by atoms with Crippen LogP contribution in [0.5, 0.6) is 5.75 Å². The van der Waals surface area contributed by atoms with Crippen molar-refractivity contribution < 1.29 is 24.1 Å². The summed E-state index contributed by atoms with van der Waals surface area (Å²) >= 11 is 0. The molecule has 0 saturated carbocycles. The van der Waals surface area contributed by atoms with Gasteiger partial charge in [0.2, 0.25) is 0 Å². The number of amides is 2. The van der Waals surface area contributed by atoms with Gasteiger partial charge in [0.25, 0.3) is 0 Å². The lowest BCUT2D eigenvalue weighted by molar-refractivity contribution is -0.181. The molecule has 3 N–H and O–H groups in total. The van der Waals surface area contributed by atoms with Crippen molar-refractivity contribution >= 4 is 17.4 Å². The summed E-state index contributed by atoms with van der Waals surface area (Å²) in [5.74, 6) is 0.710. The number of para-hydroxylation sites is 1. The number of piperazine rings is 1. The summed E-state index contributed by atoms with van der Waals surface area (Å²) in [6.45, 7) is 3.58. The van der Waals surface area contributed by atoms with Crippen molar-refractivity contribution in [3.8, 4) is 5.75 Å². The number of rotatable bonds is 5. The van der Waals surface area contributed by atoms with E-state index in [4.69, 9.17) is 14.2 Å². The number of nitrogens with one attached hydrogen (secondary N) is 2. The van der Waals surface area contributed by atoms with E-state index in [1.165, 1.54) is 5.69 Å². The minimum absolute atomic E-state index is 0.340. The van der Waals surface area contributed by atoms with Gasteiger partial charge in [0, 0.05) is 37.6 Å². The first-order chi connectivity index (χ1) is 16.1. The number of methoxy groups -OCH3 is 1. The van der Waals surface area contributed by atoms with E-state index in [1.54, 1.807) is 31.4 Å². The van der Waals surface area contributed by atoms with E-state index in [0.29, 0.717) is 18.0 Å². The molecular weight excluding hydrogens is 424 g/mol. The van der Waals surface area contributed by atoms with Crippen molar-refractivity contribution in [2.24, 2.45) is 0 Å². The smallest absolute Gasteiger partial charge is 0.319 e. The van der Waals surface area contributed by atoms with Crippen LogP contribution in [0.4, 0.5) is 16.2 Å². The second-order valence-corrected chi connectivity index (χ2v) is 8.57.